The zero-order chi connectivity index (χ0) is 18.7. The van der Waals surface area contributed by atoms with Crippen LogP contribution in [0.1, 0.15) is 26.2 Å². The number of amides is 1. The highest BCUT2D eigenvalue weighted by atomic mass is 32.2. The van der Waals surface area contributed by atoms with E-state index in [1.807, 2.05) is 16.7 Å². The maximum Gasteiger partial charge on any atom is 0.246 e. The average molecular weight is 383 g/mol. The standard InChI is InChI=1S/C18H26FN3O3S/c1-15(18(23)21-9-5-2-6-10-21)20-11-13-22(14-12-20)26(24,25)17-8-4-3-7-16(17)19/h3-4,7-8,15H,2,5-6,9-14H2,1H3. The highest BCUT2D eigenvalue weighted by Crippen LogP contribution is 2.21. The number of rotatable bonds is 4. The number of likely N-dealkylation sites (tertiary alicyclic amines) is 1. The van der Waals surface area contributed by atoms with Crippen LogP contribution in [0.15, 0.2) is 29.2 Å². The molecule has 0 aromatic heterocycles. The second-order valence-electron chi connectivity index (χ2n) is 6.93. The van der Waals surface area contributed by atoms with Crippen LogP contribution in [0.4, 0.5) is 4.39 Å². The highest BCUT2D eigenvalue weighted by molar-refractivity contribution is 7.89. The number of sulfonamides is 1. The molecule has 1 aromatic carbocycles. The van der Waals surface area contributed by atoms with Crippen LogP contribution in [0, 0.1) is 5.82 Å². The molecule has 144 valence electrons. The van der Waals surface area contributed by atoms with Gasteiger partial charge in [-0.1, -0.05) is 12.1 Å². The molecule has 0 aliphatic carbocycles. The van der Waals surface area contributed by atoms with E-state index in [1.54, 1.807) is 0 Å². The number of carbonyl (C=O) groups is 1. The number of piperidine rings is 1. The number of hydrogen-bond acceptors (Lipinski definition) is 4. The van der Waals surface area contributed by atoms with Crippen molar-refractivity contribution in [1.29, 1.82) is 0 Å². The number of benzene rings is 1. The summed E-state index contributed by atoms with van der Waals surface area (Å²) in [6.45, 7) is 4.96. The molecular weight excluding hydrogens is 357 g/mol. The summed E-state index contributed by atoms with van der Waals surface area (Å²) in [5.74, 6) is -0.612. The van der Waals surface area contributed by atoms with E-state index in [1.165, 1.54) is 28.9 Å². The summed E-state index contributed by atoms with van der Waals surface area (Å²) in [6, 6.07) is 5.18. The maximum atomic E-state index is 13.9. The fourth-order valence-corrected chi connectivity index (χ4v) is 5.15. The summed E-state index contributed by atoms with van der Waals surface area (Å²) in [5.41, 5.74) is 0. The van der Waals surface area contributed by atoms with Gasteiger partial charge in [0, 0.05) is 39.3 Å². The van der Waals surface area contributed by atoms with Crippen LogP contribution >= 0.6 is 0 Å². The molecule has 0 bridgehead atoms. The molecule has 8 heteroatoms. The molecule has 2 saturated heterocycles. The van der Waals surface area contributed by atoms with Crippen LogP contribution in [0.3, 0.4) is 0 Å². The molecule has 2 aliphatic heterocycles. The quantitative estimate of drug-likeness (QED) is 0.791. The van der Waals surface area contributed by atoms with Gasteiger partial charge in [-0.15, -0.1) is 0 Å². The van der Waals surface area contributed by atoms with Gasteiger partial charge in [0.1, 0.15) is 10.7 Å². The van der Waals surface area contributed by atoms with Crippen LogP contribution < -0.4 is 0 Å². The molecule has 1 aromatic rings. The van der Waals surface area contributed by atoms with Crippen LogP contribution in [-0.4, -0.2) is 73.7 Å². The second kappa shape index (κ2) is 8.02. The van der Waals surface area contributed by atoms with Crippen molar-refractivity contribution in [2.24, 2.45) is 0 Å². The van der Waals surface area contributed by atoms with E-state index in [0.717, 1.165) is 32.0 Å². The fraction of sp³-hybridized carbons (Fsp3) is 0.611. The summed E-state index contributed by atoms with van der Waals surface area (Å²) in [7, 11) is -3.85. The van der Waals surface area contributed by atoms with Crippen LogP contribution in [-0.2, 0) is 14.8 Å². The van der Waals surface area contributed by atoms with Crippen molar-refractivity contribution in [1.82, 2.24) is 14.1 Å². The lowest BCUT2D eigenvalue weighted by Crippen LogP contribution is -2.56. The smallest absolute Gasteiger partial charge is 0.246 e. The van der Waals surface area contributed by atoms with Crippen molar-refractivity contribution in [3.8, 4) is 0 Å². The maximum absolute atomic E-state index is 13.9. The minimum Gasteiger partial charge on any atom is -0.341 e. The van der Waals surface area contributed by atoms with Gasteiger partial charge in [-0.2, -0.15) is 4.31 Å². The number of nitrogens with zero attached hydrogens (tertiary/aromatic N) is 3. The van der Waals surface area contributed by atoms with Crippen molar-refractivity contribution >= 4 is 15.9 Å². The number of piperazine rings is 1. The molecule has 2 aliphatic rings. The Morgan fingerprint density at radius 3 is 2.23 bits per heavy atom. The van der Waals surface area contributed by atoms with Gasteiger partial charge < -0.3 is 4.90 Å². The van der Waals surface area contributed by atoms with Crippen molar-refractivity contribution in [2.45, 2.75) is 37.1 Å². The largest absolute Gasteiger partial charge is 0.341 e. The van der Waals surface area contributed by atoms with E-state index in [9.17, 15) is 17.6 Å². The predicted octanol–water partition coefficient (Wildman–Crippen LogP) is 1.53. The number of carbonyl (C=O) groups excluding carboxylic acids is 1. The molecule has 0 spiro atoms. The molecule has 6 nitrogen and oxygen atoms in total. The van der Waals surface area contributed by atoms with Crippen molar-refractivity contribution in [2.75, 3.05) is 39.3 Å². The molecule has 0 radical (unpaired) electrons. The Bertz CT molecular complexity index is 742. The Morgan fingerprint density at radius 1 is 1.00 bits per heavy atom. The van der Waals surface area contributed by atoms with Gasteiger partial charge in [-0.3, -0.25) is 9.69 Å². The lowest BCUT2D eigenvalue weighted by atomic mass is 10.1. The van der Waals surface area contributed by atoms with Crippen molar-refractivity contribution < 1.29 is 17.6 Å². The first-order valence-corrected chi connectivity index (χ1v) is 10.6. The Hall–Kier alpha value is -1.51. The first-order chi connectivity index (χ1) is 12.4. The van der Waals surface area contributed by atoms with E-state index in [-0.39, 0.29) is 29.9 Å². The molecule has 3 rings (SSSR count). The lowest BCUT2D eigenvalue weighted by Gasteiger charge is -2.39. The third-order valence-corrected chi connectivity index (χ3v) is 7.23. The van der Waals surface area contributed by atoms with Gasteiger partial charge in [-0.25, -0.2) is 12.8 Å². The van der Waals surface area contributed by atoms with E-state index in [0.29, 0.717) is 13.1 Å². The summed E-state index contributed by atoms with van der Waals surface area (Å²) >= 11 is 0. The minimum absolute atomic E-state index is 0.120. The Kier molecular flexibility index (Phi) is 5.94. The normalized spacial score (nSPS) is 21.5. The molecule has 2 fully saturated rings. The van der Waals surface area contributed by atoms with Gasteiger partial charge in [0.05, 0.1) is 6.04 Å². The first-order valence-electron chi connectivity index (χ1n) is 9.19. The van der Waals surface area contributed by atoms with Gasteiger partial charge in [0.25, 0.3) is 0 Å². The zero-order valence-corrected chi connectivity index (χ0v) is 15.9. The number of halogens is 1. The molecule has 0 N–H and O–H groups in total. The third-order valence-electron chi connectivity index (χ3n) is 5.30. The van der Waals surface area contributed by atoms with Crippen molar-refractivity contribution in [3.63, 3.8) is 0 Å². The topological polar surface area (TPSA) is 60.9 Å². The molecule has 1 amide bonds. The van der Waals surface area contributed by atoms with Gasteiger partial charge in [0.2, 0.25) is 15.9 Å². The monoisotopic (exact) mass is 383 g/mol. The Balaban J connectivity index is 1.62. The number of hydrogen-bond donors (Lipinski definition) is 0. The summed E-state index contributed by atoms with van der Waals surface area (Å²) in [4.78, 5) is 16.3. The third kappa shape index (κ3) is 3.92. The average Bonchev–Trinajstić information content (AvgIpc) is 2.68. The van der Waals surface area contributed by atoms with Crippen LogP contribution in [0.2, 0.25) is 0 Å². The molecular formula is C18H26FN3O3S. The Labute approximate surface area is 154 Å². The summed E-state index contributed by atoms with van der Waals surface area (Å²) in [6.07, 6.45) is 3.27. The first kappa shape index (κ1) is 19.3. The fourth-order valence-electron chi connectivity index (χ4n) is 3.66. The summed E-state index contributed by atoms with van der Waals surface area (Å²) < 4.78 is 40.5. The van der Waals surface area contributed by atoms with Crippen LogP contribution in [0.5, 0.6) is 0 Å². The SMILES string of the molecule is CC(C(=O)N1CCCCC1)N1CCN(S(=O)(=O)c2ccccc2F)CC1. The van der Waals surface area contributed by atoms with E-state index >= 15 is 0 Å². The predicted molar refractivity (Wildman–Crippen MR) is 96.6 cm³/mol. The molecule has 0 saturated carbocycles. The van der Waals surface area contributed by atoms with Gasteiger partial charge >= 0.3 is 0 Å². The highest BCUT2D eigenvalue weighted by Gasteiger charge is 2.34. The molecule has 1 atom stereocenters. The van der Waals surface area contributed by atoms with Crippen LogP contribution in [0.25, 0.3) is 0 Å². The molecule has 2 heterocycles. The van der Waals surface area contributed by atoms with Gasteiger partial charge in [-0.05, 0) is 38.3 Å². The second-order valence-corrected chi connectivity index (χ2v) is 8.84. The van der Waals surface area contributed by atoms with Gasteiger partial charge in [0.15, 0.2) is 0 Å². The van der Waals surface area contributed by atoms with Crippen molar-refractivity contribution in [3.05, 3.63) is 30.1 Å². The summed E-state index contributed by atoms with van der Waals surface area (Å²) in [5, 5.41) is 0. The zero-order valence-electron chi connectivity index (χ0n) is 15.1. The van der Waals surface area contributed by atoms with E-state index in [2.05, 4.69) is 0 Å². The molecule has 26 heavy (non-hydrogen) atoms. The van der Waals surface area contributed by atoms with E-state index < -0.39 is 15.8 Å². The van der Waals surface area contributed by atoms with E-state index in [4.69, 9.17) is 0 Å². The molecule has 1 unspecified atom stereocenters. The minimum atomic E-state index is -3.85. The lowest BCUT2D eigenvalue weighted by molar-refractivity contribution is -0.137. The Morgan fingerprint density at radius 2 is 1.62 bits per heavy atom.